The van der Waals surface area contributed by atoms with E-state index in [0.717, 1.165) is 33.8 Å². The summed E-state index contributed by atoms with van der Waals surface area (Å²) in [6.45, 7) is 13.0. The smallest absolute Gasteiger partial charge is 0.259 e. The quantitative estimate of drug-likeness (QED) is 0.175. The van der Waals surface area contributed by atoms with Crippen LogP contribution in [-0.4, -0.2) is 78.5 Å². The van der Waals surface area contributed by atoms with Crippen molar-refractivity contribution in [2.75, 3.05) is 13.7 Å². The molecule has 0 unspecified atom stereocenters. The van der Waals surface area contributed by atoms with Crippen molar-refractivity contribution in [3.05, 3.63) is 85.5 Å². The van der Waals surface area contributed by atoms with Gasteiger partial charge in [0.2, 0.25) is 27.7 Å². The molecule has 0 spiro atoms. The van der Waals surface area contributed by atoms with E-state index in [-0.39, 0.29) is 25.3 Å². The van der Waals surface area contributed by atoms with Gasteiger partial charge in [0.05, 0.1) is 23.6 Å². The Hall–Kier alpha value is -5.04. The number of carbonyl (C=O) groups is 4. The van der Waals surface area contributed by atoms with E-state index in [0.29, 0.717) is 25.0 Å². The Balaban J connectivity index is 1.34. The normalized spacial score (nSPS) is 23.1. The number of benzene rings is 2. The SMILES string of the molecule is C=CC(=O)N[C@@H](C(=O)N1C[C@H](Cc2cc(-c3ccccc3)nc3cc(OC)ccc23)C[C@H]1C(=O)N[C@]1(C(=O)NS(=O)(=O)C2CC2)C[C@H]1C=C)C(C)(C)C. The van der Waals surface area contributed by atoms with Crippen LogP contribution in [0, 0.1) is 17.3 Å². The average Bonchev–Trinajstić information content (AvgIpc) is 4.06. The molecule has 4 amide bonds. The fraction of sp³-hybridized carbons (Fsp3) is 0.425. The number of nitrogens with one attached hydrogen (secondary N) is 3. The first-order chi connectivity index (χ1) is 25.1. The number of hydrogen-bond donors (Lipinski definition) is 3. The molecule has 2 saturated carbocycles. The number of likely N-dealkylation sites (tertiary alicyclic amines) is 1. The van der Waals surface area contributed by atoms with Crippen molar-refractivity contribution >= 4 is 44.6 Å². The zero-order valence-corrected chi connectivity index (χ0v) is 31.4. The van der Waals surface area contributed by atoms with Gasteiger partial charge in [-0.3, -0.25) is 23.9 Å². The second-order valence-corrected chi connectivity index (χ2v) is 17.4. The van der Waals surface area contributed by atoms with Gasteiger partial charge in [-0.05, 0) is 73.3 Å². The van der Waals surface area contributed by atoms with Crippen LogP contribution < -0.4 is 20.1 Å². The molecule has 3 N–H and O–H groups in total. The largest absolute Gasteiger partial charge is 0.497 e. The van der Waals surface area contributed by atoms with Gasteiger partial charge in [0.25, 0.3) is 5.91 Å². The number of hydrogen-bond acceptors (Lipinski definition) is 8. The number of sulfonamides is 1. The first-order valence-corrected chi connectivity index (χ1v) is 19.4. The maximum Gasteiger partial charge on any atom is 0.259 e. The van der Waals surface area contributed by atoms with E-state index in [1.807, 2.05) is 75.4 Å². The Kier molecular flexibility index (Phi) is 10.3. The standard InChI is InChI=1S/C40H47N5O7S/c1-7-27-22-40(27,38(49)44-53(50,51)29-15-16-29)43-36(47)33-19-24(23-45(33)37(48)35(39(3,4)5)42-34(46)8-2)18-26-20-31(25-12-10-9-11-13-25)41-32-21-28(52-6)14-17-30(26)32/h7-14,17,20-21,24,27,29,33,35H,1-2,15-16,18-19,22-23H2,3-6H3,(H,42,46)(H,43,47)(H,44,49)/t24-,27-,33+,35+,40-/m1/s1. The number of methoxy groups -OCH3 is 1. The van der Waals surface area contributed by atoms with E-state index in [1.165, 1.54) is 11.0 Å². The fourth-order valence-electron chi connectivity index (χ4n) is 7.24. The lowest BCUT2D eigenvalue weighted by atomic mass is 9.85. The lowest BCUT2D eigenvalue weighted by Gasteiger charge is -2.35. The van der Waals surface area contributed by atoms with Crippen LogP contribution in [0.3, 0.4) is 0 Å². The summed E-state index contributed by atoms with van der Waals surface area (Å²) in [7, 11) is -2.29. The van der Waals surface area contributed by atoms with Crippen LogP contribution >= 0.6 is 0 Å². The molecule has 2 heterocycles. The Bertz CT molecular complexity index is 2080. The summed E-state index contributed by atoms with van der Waals surface area (Å²) < 4.78 is 33.1. The van der Waals surface area contributed by atoms with Gasteiger partial charge in [-0.15, -0.1) is 6.58 Å². The molecule has 0 bridgehead atoms. The summed E-state index contributed by atoms with van der Waals surface area (Å²) in [6, 6.07) is 15.5. The van der Waals surface area contributed by atoms with E-state index in [1.54, 1.807) is 7.11 Å². The average molecular weight is 742 g/mol. The Labute approximate surface area is 310 Å². The van der Waals surface area contributed by atoms with Gasteiger partial charge in [-0.1, -0.05) is 63.8 Å². The Morgan fingerprint density at radius 3 is 2.40 bits per heavy atom. The predicted molar refractivity (Wildman–Crippen MR) is 202 cm³/mol. The second-order valence-electron chi connectivity index (χ2n) is 15.4. The molecule has 13 heteroatoms. The van der Waals surface area contributed by atoms with E-state index in [9.17, 15) is 27.6 Å². The molecule has 1 saturated heterocycles. The van der Waals surface area contributed by atoms with Gasteiger partial charge < -0.3 is 20.3 Å². The minimum atomic E-state index is -3.88. The number of carbonyl (C=O) groups excluding carboxylic acids is 4. The summed E-state index contributed by atoms with van der Waals surface area (Å²) in [5.41, 5.74) is 1.15. The topological polar surface area (TPSA) is 164 Å². The Morgan fingerprint density at radius 1 is 1.08 bits per heavy atom. The number of aromatic nitrogens is 1. The van der Waals surface area contributed by atoms with Crippen molar-refractivity contribution in [2.24, 2.45) is 17.3 Å². The molecule has 2 aliphatic carbocycles. The molecule has 1 aromatic heterocycles. The van der Waals surface area contributed by atoms with Crippen LogP contribution in [0.4, 0.5) is 0 Å². The molecule has 5 atom stereocenters. The van der Waals surface area contributed by atoms with E-state index < -0.39 is 67.9 Å². The molecule has 1 aliphatic heterocycles. The van der Waals surface area contributed by atoms with E-state index in [2.05, 4.69) is 28.5 Å². The molecule has 2 aromatic carbocycles. The van der Waals surface area contributed by atoms with Crippen LogP contribution in [0.2, 0.25) is 0 Å². The van der Waals surface area contributed by atoms with Gasteiger partial charge in [0.15, 0.2) is 0 Å². The van der Waals surface area contributed by atoms with Crippen LogP contribution in [0.15, 0.2) is 79.9 Å². The molecule has 3 aromatic rings. The van der Waals surface area contributed by atoms with Crippen molar-refractivity contribution in [1.29, 1.82) is 0 Å². The molecule has 12 nitrogen and oxygen atoms in total. The third kappa shape index (κ3) is 7.85. The highest BCUT2D eigenvalue weighted by molar-refractivity contribution is 7.91. The number of nitrogens with zero attached hydrogens (tertiary/aromatic N) is 2. The molecule has 6 rings (SSSR count). The minimum Gasteiger partial charge on any atom is -0.497 e. The molecule has 3 fully saturated rings. The minimum absolute atomic E-state index is 0.174. The van der Waals surface area contributed by atoms with E-state index >= 15 is 0 Å². The molecular formula is C40H47N5O7S. The lowest BCUT2D eigenvalue weighted by molar-refractivity contribution is -0.144. The van der Waals surface area contributed by atoms with Crippen molar-refractivity contribution < 1.29 is 32.3 Å². The second kappa shape index (κ2) is 14.4. The summed E-state index contributed by atoms with van der Waals surface area (Å²) in [6.07, 6.45) is 4.47. The fourth-order valence-corrected chi connectivity index (χ4v) is 8.61. The molecule has 280 valence electrons. The van der Waals surface area contributed by atoms with E-state index in [4.69, 9.17) is 9.72 Å². The van der Waals surface area contributed by atoms with Gasteiger partial charge in [-0.2, -0.15) is 0 Å². The number of rotatable bonds is 13. The van der Waals surface area contributed by atoms with Gasteiger partial charge >= 0.3 is 0 Å². The maximum absolute atomic E-state index is 14.5. The number of ether oxygens (including phenoxy) is 1. The van der Waals surface area contributed by atoms with Crippen LogP contribution in [0.1, 0.15) is 52.0 Å². The first-order valence-electron chi connectivity index (χ1n) is 17.9. The van der Waals surface area contributed by atoms with Gasteiger partial charge in [0, 0.05) is 29.5 Å². The zero-order valence-electron chi connectivity index (χ0n) is 30.6. The first kappa shape index (κ1) is 37.7. The van der Waals surface area contributed by atoms with Crippen LogP contribution in [0.25, 0.3) is 22.2 Å². The van der Waals surface area contributed by atoms with Crippen LogP contribution in [-0.2, 0) is 35.6 Å². The molecule has 0 radical (unpaired) electrons. The highest BCUT2D eigenvalue weighted by Gasteiger charge is 2.62. The van der Waals surface area contributed by atoms with Crippen molar-refractivity contribution in [3.8, 4) is 17.0 Å². The molecular weight excluding hydrogens is 695 g/mol. The summed E-state index contributed by atoms with van der Waals surface area (Å²) in [5.74, 6) is -2.42. The van der Waals surface area contributed by atoms with Crippen molar-refractivity contribution in [2.45, 2.75) is 75.7 Å². The third-order valence-corrected chi connectivity index (χ3v) is 12.3. The van der Waals surface area contributed by atoms with Gasteiger partial charge in [-0.25, -0.2) is 13.4 Å². The highest BCUT2D eigenvalue weighted by atomic mass is 32.2. The predicted octanol–water partition coefficient (Wildman–Crippen LogP) is 4.06. The van der Waals surface area contributed by atoms with Crippen molar-refractivity contribution in [3.63, 3.8) is 0 Å². The highest BCUT2D eigenvalue weighted by Crippen LogP contribution is 2.46. The zero-order chi connectivity index (χ0) is 38.3. The summed E-state index contributed by atoms with van der Waals surface area (Å²) in [5, 5.41) is 5.89. The lowest BCUT2D eigenvalue weighted by Crippen LogP contribution is -2.60. The van der Waals surface area contributed by atoms with Crippen LogP contribution in [0.5, 0.6) is 5.75 Å². The summed E-state index contributed by atoms with van der Waals surface area (Å²) in [4.78, 5) is 61.3. The maximum atomic E-state index is 14.5. The number of amides is 4. The molecule has 3 aliphatic rings. The summed E-state index contributed by atoms with van der Waals surface area (Å²) >= 11 is 0. The Morgan fingerprint density at radius 2 is 1.79 bits per heavy atom. The monoisotopic (exact) mass is 741 g/mol. The number of pyridine rings is 1. The number of fused-ring (bicyclic) bond motifs is 1. The third-order valence-electron chi connectivity index (χ3n) is 10.5. The van der Waals surface area contributed by atoms with Gasteiger partial charge in [0.1, 0.15) is 23.4 Å². The van der Waals surface area contributed by atoms with Crippen molar-refractivity contribution in [1.82, 2.24) is 25.2 Å². The molecule has 53 heavy (non-hydrogen) atoms.